The van der Waals surface area contributed by atoms with Crippen molar-refractivity contribution in [3.8, 4) is 5.75 Å². The van der Waals surface area contributed by atoms with Crippen LogP contribution < -0.4 is 9.64 Å². The number of nitrogens with zero attached hydrogens (tertiary/aromatic N) is 3. The SMILES string of the molecule is Cc1nn(C)c(C)c1CC(C)C(=O)N1CCOc2cc(F)ccc21. The van der Waals surface area contributed by atoms with Crippen molar-refractivity contribution in [3.05, 3.63) is 41.0 Å². The van der Waals surface area contributed by atoms with Gasteiger partial charge in [0, 0.05) is 24.7 Å². The normalized spacial score (nSPS) is 15.0. The molecule has 1 amide bonds. The average Bonchev–Trinajstić information content (AvgIpc) is 2.79. The van der Waals surface area contributed by atoms with Crippen molar-refractivity contribution in [1.82, 2.24) is 9.78 Å². The summed E-state index contributed by atoms with van der Waals surface area (Å²) in [6.07, 6.45) is 0.637. The first kappa shape index (κ1) is 16.5. The quantitative estimate of drug-likeness (QED) is 0.869. The topological polar surface area (TPSA) is 47.4 Å². The van der Waals surface area contributed by atoms with Crippen LogP contribution in [0.3, 0.4) is 0 Å². The van der Waals surface area contributed by atoms with Gasteiger partial charge in [-0.3, -0.25) is 9.48 Å². The number of anilines is 1. The second-order valence-corrected chi connectivity index (χ2v) is 6.33. The van der Waals surface area contributed by atoms with Gasteiger partial charge >= 0.3 is 0 Å². The fraction of sp³-hybridized carbons (Fsp3) is 0.444. The smallest absolute Gasteiger partial charge is 0.230 e. The van der Waals surface area contributed by atoms with Gasteiger partial charge in [0.2, 0.25) is 5.91 Å². The predicted molar refractivity (Wildman–Crippen MR) is 89.8 cm³/mol. The lowest BCUT2D eigenvalue weighted by Gasteiger charge is -2.31. The molecule has 0 radical (unpaired) electrons. The van der Waals surface area contributed by atoms with Crippen LogP contribution in [-0.2, 0) is 18.3 Å². The Hall–Kier alpha value is -2.37. The number of ether oxygens (including phenoxy) is 1. The van der Waals surface area contributed by atoms with E-state index in [0.29, 0.717) is 31.0 Å². The van der Waals surface area contributed by atoms with Gasteiger partial charge in [0.05, 0.1) is 17.9 Å². The monoisotopic (exact) mass is 331 g/mol. The van der Waals surface area contributed by atoms with Gasteiger partial charge < -0.3 is 9.64 Å². The van der Waals surface area contributed by atoms with Crippen molar-refractivity contribution in [2.75, 3.05) is 18.1 Å². The zero-order chi connectivity index (χ0) is 17.4. The molecule has 0 saturated heterocycles. The zero-order valence-electron chi connectivity index (χ0n) is 14.5. The number of rotatable bonds is 3. The van der Waals surface area contributed by atoms with Gasteiger partial charge in [-0.25, -0.2) is 4.39 Å². The van der Waals surface area contributed by atoms with Crippen LogP contribution in [0.2, 0.25) is 0 Å². The summed E-state index contributed by atoms with van der Waals surface area (Å²) in [5.41, 5.74) is 3.79. The van der Waals surface area contributed by atoms with Gasteiger partial charge in [0.1, 0.15) is 18.2 Å². The Balaban J connectivity index is 1.82. The number of carbonyl (C=O) groups excluding carboxylic acids is 1. The molecular weight excluding hydrogens is 309 g/mol. The molecule has 1 aromatic heterocycles. The number of benzene rings is 1. The summed E-state index contributed by atoms with van der Waals surface area (Å²) in [5.74, 6) is -0.107. The minimum absolute atomic E-state index is 0.0220. The molecule has 1 atom stereocenters. The average molecular weight is 331 g/mol. The van der Waals surface area contributed by atoms with Crippen LogP contribution in [0.25, 0.3) is 0 Å². The summed E-state index contributed by atoms with van der Waals surface area (Å²) in [6, 6.07) is 4.29. The van der Waals surface area contributed by atoms with Crippen molar-refractivity contribution in [2.24, 2.45) is 13.0 Å². The third-order valence-corrected chi connectivity index (χ3v) is 4.64. The summed E-state index contributed by atoms with van der Waals surface area (Å²) in [6.45, 7) is 6.76. The molecule has 1 aliphatic heterocycles. The van der Waals surface area contributed by atoms with E-state index in [4.69, 9.17) is 4.74 Å². The van der Waals surface area contributed by atoms with Crippen LogP contribution in [0.15, 0.2) is 18.2 Å². The number of carbonyl (C=O) groups is 1. The number of amides is 1. The summed E-state index contributed by atoms with van der Waals surface area (Å²) in [7, 11) is 1.91. The molecule has 3 rings (SSSR count). The fourth-order valence-electron chi connectivity index (χ4n) is 3.20. The predicted octanol–water partition coefficient (Wildman–Crippen LogP) is 2.78. The molecule has 0 aliphatic carbocycles. The maximum absolute atomic E-state index is 13.4. The molecule has 0 fully saturated rings. The van der Waals surface area contributed by atoms with Crippen LogP contribution in [0, 0.1) is 25.6 Å². The standard InChI is InChI=1S/C18H22FN3O2/c1-11(9-15-12(2)20-21(4)13(15)3)18(23)22-7-8-24-17-10-14(19)5-6-16(17)22/h5-6,10-11H,7-9H2,1-4H3. The molecule has 0 bridgehead atoms. The van der Waals surface area contributed by atoms with Crippen LogP contribution in [0.4, 0.5) is 10.1 Å². The Bertz CT molecular complexity index is 785. The van der Waals surface area contributed by atoms with E-state index in [1.54, 1.807) is 11.0 Å². The second kappa shape index (κ2) is 6.26. The lowest BCUT2D eigenvalue weighted by atomic mass is 9.98. The maximum atomic E-state index is 13.4. The zero-order valence-corrected chi connectivity index (χ0v) is 14.5. The highest BCUT2D eigenvalue weighted by molar-refractivity contribution is 5.96. The lowest BCUT2D eigenvalue weighted by molar-refractivity contribution is -0.122. The van der Waals surface area contributed by atoms with E-state index in [1.165, 1.54) is 12.1 Å². The highest BCUT2D eigenvalue weighted by Gasteiger charge is 2.28. The molecule has 5 nitrogen and oxygen atoms in total. The highest BCUT2D eigenvalue weighted by atomic mass is 19.1. The maximum Gasteiger partial charge on any atom is 0.230 e. The van der Waals surface area contributed by atoms with E-state index in [-0.39, 0.29) is 17.6 Å². The van der Waals surface area contributed by atoms with Crippen molar-refractivity contribution in [3.63, 3.8) is 0 Å². The lowest BCUT2D eigenvalue weighted by Crippen LogP contribution is -2.41. The molecule has 0 saturated carbocycles. The molecular formula is C18H22FN3O2. The first-order valence-electron chi connectivity index (χ1n) is 8.11. The molecule has 0 spiro atoms. The molecule has 2 aromatic rings. The molecule has 1 aromatic carbocycles. The number of aryl methyl sites for hydroxylation is 2. The van der Waals surface area contributed by atoms with E-state index in [0.717, 1.165) is 17.0 Å². The van der Waals surface area contributed by atoms with Crippen LogP contribution in [0.1, 0.15) is 23.9 Å². The van der Waals surface area contributed by atoms with E-state index in [1.807, 2.05) is 32.5 Å². The van der Waals surface area contributed by atoms with Gasteiger partial charge in [-0.15, -0.1) is 0 Å². The van der Waals surface area contributed by atoms with Crippen LogP contribution in [0.5, 0.6) is 5.75 Å². The van der Waals surface area contributed by atoms with Crippen LogP contribution in [-0.4, -0.2) is 28.8 Å². The Morgan fingerprint density at radius 2 is 2.17 bits per heavy atom. The minimum Gasteiger partial charge on any atom is -0.489 e. The van der Waals surface area contributed by atoms with Crippen molar-refractivity contribution in [2.45, 2.75) is 27.2 Å². The van der Waals surface area contributed by atoms with Gasteiger partial charge in [-0.1, -0.05) is 6.92 Å². The number of halogens is 1. The van der Waals surface area contributed by atoms with Gasteiger partial charge in [-0.2, -0.15) is 5.10 Å². The summed E-state index contributed by atoms with van der Waals surface area (Å²) < 4.78 is 20.7. The van der Waals surface area contributed by atoms with Gasteiger partial charge in [-0.05, 0) is 38.0 Å². The van der Waals surface area contributed by atoms with Crippen molar-refractivity contribution >= 4 is 11.6 Å². The molecule has 1 unspecified atom stereocenters. The molecule has 24 heavy (non-hydrogen) atoms. The number of hydrogen-bond donors (Lipinski definition) is 0. The molecule has 6 heteroatoms. The van der Waals surface area contributed by atoms with Crippen molar-refractivity contribution in [1.29, 1.82) is 0 Å². The first-order valence-corrected chi connectivity index (χ1v) is 8.11. The number of fused-ring (bicyclic) bond motifs is 1. The minimum atomic E-state index is -0.363. The van der Waals surface area contributed by atoms with Gasteiger partial charge in [0.25, 0.3) is 0 Å². The molecule has 2 heterocycles. The highest BCUT2D eigenvalue weighted by Crippen LogP contribution is 2.33. The van der Waals surface area contributed by atoms with Crippen LogP contribution >= 0.6 is 0 Å². The Labute approximate surface area is 141 Å². The fourth-order valence-corrected chi connectivity index (χ4v) is 3.20. The first-order chi connectivity index (χ1) is 11.4. The Morgan fingerprint density at radius 1 is 1.42 bits per heavy atom. The second-order valence-electron chi connectivity index (χ2n) is 6.33. The summed E-state index contributed by atoms with van der Waals surface area (Å²) >= 11 is 0. The number of hydrogen-bond acceptors (Lipinski definition) is 3. The molecule has 0 N–H and O–H groups in total. The van der Waals surface area contributed by atoms with E-state index < -0.39 is 0 Å². The largest absolute Gasteiger partial charge is 0.489 e. The number of aromatic nitrogens is 2. The third kappa shape index (κ3) is 2.88. The Kier molecular flexibility index (Phi) is 4.30. The van der Waals surface area contributed by atoms with Crippen molar-refractivity contribution < 1.29 is 13.9 Å². The van der Waals surface area contributed by atoms with Gasteiger partial charge in [0.15, 0.2) is 0 Å². The van der Waals surface area contributed by atoms with E-state index >= 15 is 0 Å². The van der Waals surface area contributed by atoms with E-state index in [2.05, 4.69) is 5.10 Å². The Morgan fingerprint density at radius 3 is 2.83 bits per heavy atom. The summed E-state index contributed by atoms with van der Waals surface area (Å²) in [4.78, 5) is 14.6. The third-order valence-electron chi connectivity index (χ3n) is 4.64. The van der Waals surface area contributed by atoms with E-state index in [9.17, 15) is 9.18 Å². The molecule has 128 valence electrons. The summed E-state index contributed by atoms with van der Waals surface area (Å²) in [5, 5.41) is 4.41. The molecule has 1 aliphatic rings.